The lowest BCUT2D eigenvalue weighted by atomic mass is 10.1. The van der Waals surface area contributed by atoms with E-state index in [0.29, 0.717) is 19.7 Å². The molecule has 0 unspecified atom stereocenters. The van der Waals surface area contributed by atoms with Crippen LogP contribution < -0.4 is 15.8 Å². The van der Waals surface area contributed by atoms with Crippen LogP contribution >= 0.6 is 0 Å². The standard InChI is InChI=1S/C14H18N4O/c1-2-19-12-5-3-11(4-6-12)13-9-14(16-8-7-15)18-10-17-13/h3-6,9-10H,2,7-8,15H2,1H3,(H,16,17,18). The first-order valence-electron chi connectivity index (χ1n) is 6.32. The molecule has 0 spiro atoms. The van der Waals surface area contributed by atoms with Gasteiger partial charge < -0.3 is 15.8 Å². The predicted molar refractivity (Wildman–Crippen MR) is 76.2 cm³/mol. The molecule has 0 aliphatic rings. The molecule has 0 amide bonds. The van der Waals surface area contributed by atoms with Crippen LogP contribution in [0.2, 0.25) is 0 Å². The number of hydrogen-bond acceptors (Lipinski definition) is 5. The van der Waals surface area contributed by atoms with Crippen LogP contribution in [0.15, 0.2) is 36.7 Å². The maximum absolute atomic E-state index is 5.45. The zero-order chi connectivity index (χ0) is 13.5. The molecule has 0 saturated carbocycles. The minimum Gasteiger partial charge on any atom is -0.494 e. The van der Waals surface area contributed by atoms with Crippen LogP contribution in [0.5, 0.6) is 5.75 Å². The van der Waals surface area contributed by atoms with E-state index < -0.39 is 0 Å². The van der Waals surface area contributed by atoms with Crippen LogP contribution in [0, 0.1) is 0 Å². The van der Waals surface area contributed by atoms with Crippen molar-refractivity contribution in [3.8, 4) is 17.0 Å². The second kappa shape index (κ2) is 6.70. The summed E-state index contributed by atoms with van der Waals surface area (Å²) < 4.78 is 5.41. The summed E-state index contributed by atoms with van der Waals surface area (Å²) in [4.78, 5) is 8.42. The first-order valence-corrected chi connectivity index (χ1v) is 6.32. The summed E-state index contributed by atoms with van der Waals surface area (Å²) >= 11 is 0. The molecule has 2 rings (SSSR count). The first kappa shape index (κ1) is 13.3. The number of aromatic nitrogens is 2. The smallest absolute Gasteiger partial charge is 0.129 e. The van der Waals surface area contributed by atoms with Gasteiger partial charge >= 0.3 is 0 Å². The van der Waals surface area contributed by atoms with Gasteiger partial charge in [0, 0.05) is 24.7 Å². The van der Waals surface area contributed by atoms with E-state index in [1.54, 1.807) is 6.33 Å². The van der Waals surface area contributed by atoms with Crippen molar-refractivity contribution in [1.82, 2.24) is 9.97 Å². The largest absolute Gasteiger partial charge is 0.494 e. The van der Waals surface area contributed by atoms with E-state index in [-0.39, 0.29) is 0 Å². The quantitative estimate of drug-likeness (QED) is 0.828. The minimum absolute atomic E-state index is 0.572. The highest BCUT2D eigenvalue weighted by Crippen LogP contribution is 2.21. The number of nitrogens with zero attached hydrogens (tertiary/aromatic N) is 2. The number of nitrogens with two attached hydrogens (primary N) is 1. The molecule has 0 bridgehead atoms. The van der Waals surface area contributed by atoms with Gasteiger partial charge in [-0.05, 0) is 31.2 Å². The van der Waals surface area contributed by atoms with Crippen LogP contribution in [-0.4, -0.2) is 29.7 Å². The Kier molecular flexibility index (Phi) is 4.69. The molecule has 5 heteroatoms. The Balaban J connectivity index is 2.16. The third kappa shape index (κ3) is 3.66. The predicted octanol–water partition coefficient (Wildman–Crippen LogP) is 1.91. The van der Waals surface area contributed by atoms with Crippen LogP contribution in [0.1, 0.15) is 6.92 Å². The van der Waals surface area contributed by atoms with Crippen molar-refractivity contribution < 1.29 is 4.74 Å². The summed E-state index contributed by atoms with van der Waals surface area (Å²) in [5.74, 6) is 1.64. The fourth-order valence-corrected chi connectivity index (χ4v) is 1.70. The lowest BCUT2D eigenvalue weighted by molar-refractivity contribution is 0.340. The van der Waals surface area contributed by atoms with Gasteiger partial charge in [-0.1, -0.05) is 0 Å². The zero-order valence-electron chi connectivity index (χ0n) is 11.0. The van der Waals surface area contributed by atoms with E-state index in [2.05, 4.69) is 15.3 Å². The minimum atomic E-state index is 0.572. The van der Waals surface area contributed by atoms with Gasteiger partial charge in [0.25, 0.3) is 0 Å². The Hall–Kier alpha value is -2.14. The highest BCUT2D eigenvalue weighted by Gasteiger charge is 2.02. The molecule has 0 aliphatic carbocycles. The third-order valence-electron chi connectivity index (χ3n) is 2.58. The van der Waals surface area contributed by atoms with E-state index in [1.165, 1.54) is 0 Å². The molecule has 1 heterocycles. The van der Waals surface area contributed by atoms with Gasteiger partial charge in [-0.15, -0.1) is 0 Å². The highest BCUT2D eigenvalue weighted by atomic mass is 16.5. The number of ether oxygens (including phenoxy) is 1. The number of benzene rings is 1. The van der Waals surface area contributed by atoms with Crippen molar-refractivity contribution in [3.05, 3.63) is 36.7 Å². The summed E-state index contributed by atoms with van der Waals surface area (Å²) in [5, 5.41) is 3.14. The van der Waals surface area contributed by atoms with Crippen LogP contribution in [0.4, 0.5) is 5.82 Å². The lowest BCUT2D eigenvalue weighted by Crippen LogP contribution is -2.13. The summed E-state index contributed by atoms with van der Waals surface area (Å²) in [6, 6.07) is 9.76. The maximum Gasteiger partial charge on any atom is 0.129 e. The summed E-state index contributed by atoms with van der Waals surface area (Å²) in [6.45, 7) is 3.90. The van der Waals surface area contributed by atoms with E-state index in [0.717, 1.165) is 22.8 Å². The Labute approximate surface area is 112 Å². The van der Waals surface area contributed by atoms with E-state index >= 15 is 0 Å². The van der Waals surface area contributed by atoms with Crippen LogP contribution in [-0.2, 0) is 0 Å². The molecular weight excluding hydrogens is 240 g/mol. The second-order valence-corrected chi connectivity index (χ2v) is 3.96. The van der Waals surface area contributed by atoms with Gasteiger partial charge in [0.2, 0.25) is 0 Å². The maximum atomic E-state index is 5.45. The molecule has 2 aromatic rings. The van der Waals surface area contributed by atoms with Crippen LogP contribution in [0.3, 0.4) is 0 Å². The van der Waals surface area contributed by atoms with Gasteiger partial charge in [-0.3, -0.25) is 0 Å². The molecule has 1 aromatic heterocycles. The van der Waals surface area contributed by atoms with Gasteiger partial charge in [-0.2, -0.15) is 0 Å². The van der Waals surface area contributed by atoms with Crippen LogP contribution in [0.25, 0.3) is 11.3 Å². The van der Waals surface area contributed by atoms with Crippen molar-refractivity contribution >= 4 is 5.82 Å². The summed E-state index contributed by atoms with van der Waals surface area (Å²) in [7, 11) is 0. The Morgan fingerprint density at radius 3 is 2.68 bits per heavy atom. The van der Waals surface area contributed by atoms with Crippen molar-refractivity contribution in [2.75, 3.05) is 25.0 Å². The molecule has 0 saturated heterocycles. The highest BCUT2D eigenvalue weighted by molar-refractivity contribution is 5.62. The number of anilines is 1. The Morgan fingerprint density at radius 2 is 2.00 bits per heavy atom. The lowest BCUT2D eigenvalue weighted by Gasteiger charge is -2.07. The average Bonchev–Trinajstić information content (AvgIpc) is 2.46. The van der Waals surface area contributed by atoms with Crippen molar-refractivity contribution in [1.29, 1.82) is 0 Å². The first-order chi connectivity index (χ1) is 9.33. The second-order valence-electron chi connectivity index (χ2n) is 3.96. The van der Waals surface area contributed by atoms with E-state index in [4.69, 9.17) is 10.5 Å². The van der Waals surface area contributed by atoms with Gasteiger partial charge in [0.05, 0.1) is 12.3 Å². The molecule has 0 aliphatic heterocycles. The SMILES string of the molecule is CCOc1ccc(-c2cc(NCCN)ncn2)cc1. The van der Waals surface area contributed by atoms with Crippen molar-refractivity contribution in [2.24, 2.45) is 5.73 Å². The number of rotatable bonds is 6. The molecule has 0 fully saturated rings. The number of hydrogen-bond donors (Lipinski definition) is 2. The summed E-state index contributed by atoms with van der Waals surface area (Å²) in [6.07, 6.45) is 1.55. The van der Waals surface area contributed by atoms with Gasteiger partial charge in [0.1, 0.15) is 17.9 Å². The number of nitrogens with one attached hydrogen (secondary N) is 1. The van der Waals surface area contributed by atoms with Crippen molar-refractivity contribution in [3.63, 3.8) is 0 Å². The molecule has 0 atom stereocenters. The Bertz CT molecular complexity index is 513. The van der Waals surface area contributed by atoms with E-state index in [9.17, 15) is 0 Å². The fourth-order valence-electron chi connectivity index (χ4n) is 1.70. The normalized spacial score (nSPS) is 10.2. The fraction of sp³-hybridized carbons (Fsp3) is 0.286. The Morgan fingerprint density at radius 1 is 1.21 bits per heavy atom. The average molecular weight is 258 g/mol. The topological polar surface area (TPSA) is 73.1 Å². The molecule has 3 N–H and O–H groups in total. The summed E-state index contributed by atoms with van der Waals surface area (Å²) in [5.41, 5.74) is 7.35. The molecule has 100 valence electrons. The van der Waals surface area contributed by atoms with Crippen molar-refractivity contribution in [2.45, 2.75) is 6.92 Å². The molecule has 0 radical (unpaired) electrons. The molecule has 19 heavy (non-hydrogen) atoms. The monoisotopic (exact) mass is 258 g/mol. The molecular formula is C14H18N4O. The van der Waals surface area contributed by atoms with Gasteiger partial charge in [-0.25, -0.2) is 9.97 Å². The van der Waals surface area contributed by atoms with Gasteiger partial charge in [0.15, 0.2) is 0 Å². The third-order valence-corrected chi connectivity index (χ3v) is 2.58. The van der Waals surface area contributed by atoms with E-state index in [1.807, 2.05) is 37.3 Å². The zero-order valence-corrected chi connectivity index (χ0v) is 11.0. The molecule has 1 aromatic carbocycles. The molecule has 5 nitrogen and oxygen atoms in total.